The van der Waals surface area contributed by atoms with Crippen molar-refractivity contribution in [2.75, 3.05) is 0 Å². The Morgan fingerprint density at radius 1 is 1.29 bits per heavy atom. The largest absolute Gasteiger partial charge is 0.482 e. The smallest absolute Gasteiger partial charge is 0.449 e. The van der Waals surface area contributed by atoms with Gasteiger partial charge in [0.2, 0.25) is 0 Å². The summed E-state index contributed by atoms with van der Waals surface area (Å²) in [5, 5.41) is 10.4. The van der Waals surface area contributed by atoms with Gasteiger partial charge in [0, 0.05) is 11.6 Å². The summed E-state index contributed by atoms with van der Waals surface area (Å²) in [5.41, 5.74) is -0.767. The molecular formula is C7H6BF3NO2-. The van der Waals surface area contributed by atoms with Crippen LogP contribution in [0, 0.1) is 10.1 Å². The second-order valence-corrected chi connectivity index (χ2v) is 2.80. The Kier molecular flexibility index (Phi) is 2.78. The molecule has 76 valence electrons. The Morgan fingerprint density at radius 2 is 1.86 bits per heavy atom. The molecule has 0 saturated carbocycles. The topological polar surface area (TPSA) is 43.1 Å². The van der Waals surface area contributed by atoms with Crippen molar-refractivity contribution in [1.82, 2.24) is 0 Å². The summed E-state index contributed by atoms with van der Waals surface area (Å²) in [7, 11) is 0. The van der Waals surface area contributed by atoms with E-state index in [1.807, 2.05) is 0 Å². The normalized spacial score (nSPS) is 11.4. The number of nitro groups is 1. The van der Waals surface area contributed by atoms with E-state index in [0.29, 0.717) is 0 Å². The quantitative estimate of drug-likeness (QED) is 0.431. The van der Waals surface area contributed by atoms with E-state index in [9.17, 15) is 23.1 Å². The second-order valence-electron chi connectivity index (χ2n) is 2.80. The van der Waals surface area contributed by atoms with Gasteiger partial charge in [-0.15, -0.1) is 0 Å². The molecule has 1 aromatic rings. The molecule has 0 aliphatic rings. The Hall–Kier alpha value is -1.53. The summed E-state index contributed by atoms with van der Waals surface area (Å²) < 4.78 is 36.1. The van der Waals surface area contributed by atoms with E-state index in [0.717, 1.165) is 12.1 Å². The highest BCUT2D eigenvalue weighted by Crippen LogP contribution is 2.23. The van der Waals surface area contributed by atoms with Crippen LogP contribution in [0.3, 0.4) is 0 Å². The molecule has 3 nitrogen and oxygen atoms in total. The summed E-state index contributed by atoms with van der Waals surface area (Å²) in [4.78, 5) is 9.54. The summed E-state index contributed by atoms with van der Waals surface area (Å²) in [6.07, 6.45) is -1.21. The fourth-order valence-electron chi connectivity index (χ4n) is 1.11. The number of benzene rings is 1. The van der Waals surface area contributed by atoms with E-state index in [4.69, 9.17) is 0 Å². The van der Waals surface area contributed by atoms with Gasteiger partial charge >= 0.3 is 6.98 Å². The first-order valence-corrected chi connectivity index (χ1v) is 3.83. The molecule has 0 heterocycles. The zero-order valence-electron chi connectivity index (χ0n) is 6.99. The molecule has 0 unspecified atom stereocenters. The van der Waals surface area contributed by atoms with E-state index >= 15 is 0 Å². The molecule has 7 heteroatoms. The summed E-state index contributed by atoms with van der Waals surface area (Å²) in [6.45, 7) is -5.03. The zero-order valence-corrected chi connectivity index (χ0v) is 6.99. The van der Waals surface area contributed by atoms with Gasteiger partial charge in [-0.25, -0.2) is 0 Å². The lowest BCUT2D eigenvalue weighted by Gasteiger charge is -2.12. The SMILES string of the molecule is O=[N+]([O-])c1ccccc1C[B-](F)(F)F. The minimum Gasteiger partial charge on any atom is -0.449 e. The van der Waals surface area contributed by atoms with Gasteiger partial charge in [0.25, 0.3) is 5.69 Å². The standard InChI is InChI=1S/C7H6BF3NO2/c9-8(10,11)5-6-3-1-2-4-7(6)12(13)14/h1-4H,5H2/q-1. The van der Waals surface area contributed by atoms with Gasteiger partial charge in [-0.2, -0.15) is 0 Å². The van der Waals surface area contributed by atoms with E-state index in [2.05, 4.69) is 0 Å². The van der Waals surface area contributed by atoms with E-state index in [1.54, 1.807) is 0 Å². The van der Waals surface area contributed by atoms with Crippen molar-refractivity contribution >= 4 is 12.7 Å². The highest BCUT2D eigenvalue weighted by Gasteiger charge is 2.26. The molecule has 0 aromatic heterocycles. The minimum absolute atomic E-state index is 0.287. The predicted octanol–water partition coefficient (Wildman–Crippen LogP) is 2.52. The Labute approximate surface area is 77.8 Å². The Morgan fingerprint density at radius 3 is 2.36 bits per heavy atom. The first-order chi connectivity index (χ1) is 6.40. The highest BCUT2D eigenvalue weighted by atomic mass is 19.4. The average Bonchev–Trinajstić information content (AvgIpc) is 2.01. The molecule has 0 bridgehead atoms. The molecule has 0 radical (unpaired) electrons. The van der Waals surface area contributed by atoms with Crippen LogP contribution in [0.1, 0.15) is 5.56 Å². The number of halogens is 3. The molecule has 0 N–H and O–H groups in total. The van der Waals surface area contributed by atoms with E-state index in [1.165, 1.54) is 12.1 Å². The number of hydrogen-bond donors (Lipinski definition) is 0. The van der Waals surface area contributed by atoms with Crippen LogP contribution in [0.25, 0.3) is 0 Å². The Bertz CT molecular complexity index is 353. The van der Waals surface area contributed by atoms with Crippen LogP contribution in [0.2, 0.25) is 0 Å². The third-order valence-electron chi connectivity index (χ3n) is 1.64. The summed E-state index contributed by atoms with van der Waals surface area (Å²) in [5.74, 6) is 0. The van der Waals surface area contributed by atoms with Crippen LogP contribution >= 0.6 is 0 Å². The maximum Gasteiger partial charge on any atom is 0.482 e. The summed E-state index contributed by atoms with van der Waals surface area (Å²) >= 11 is 0. The lowest BCUT2D eigenvalue weighted by Crippen LogP contribution is -2.20. The van der Waals surface area contributed by atoms with Gasteiger partial charge in [-0.05, 0) is 0 Å². The molecule has 0 aliphatic heterocycles. The van der Waals surface area contributed by atoms with Gasteiger partial charge in [0.05, 0.1) is 4.92 Å². The van der Waals surface area contributed by atoms with Gasteiger partial charge < -0.3 is 12.9 Å². The van der Waals surface area contributed by atoms with E-state index < -0.39 is 23.9 Å². The number of nitro benzene ring substituents is 1. The third-order valence-corrected chi connectivity index (χ3v) is 1.64. The fraction of sp³-hybridized carbons (Fsp3) is 0.143. The van der Waals surface area contributed by atoms with Gasteiger partial charge in [0.15, 0.2) is 0 Å². The number of para-hydroxylation sites is 1. The molecule has 14 heavy (non-hydrogen) atoms. The van der Waals surface area contributed by atoms with Gasteiger partial charge in [-0.3, -0.25) is 10.1 Å². The average molecular weight is 204 g/mol. The van der Waals surface area contributed by atoms with Crippen LogP contribution in [-0.4, -0.2) is 11.9 Å². The lowest BCUT2D eigenvalue weighted by molar-refractivity contribution is -0.385. The van der Waals surface area contributed by atoms with Crippen LogP contribution < -0.4 is 0 Å². The van der Waals surface area contributed by atoms with Crippen molar-refractivity contribution in [1.29, 1.82) is 0 Å². The Balaban J connectivity index is 3.02. The fourth-order valence-corrected chi connectivity index (χ4v) is 1.11. The molecule has 1 aromatic carbocycles. The number of nitrogens with zero attached hydrogens (tertiary/aromatic N) is 1. The van der Waals surface area contributed by atoms with Crippen LogP contribution in [0.15, 0.2) is 24.3 Å². The van der Waals surface area contributed by atoms with Crippen molar-refractivity contribution < 1.29 is 17.9 Å². The van der Waals surface area contributed by atoms with Crippen LogP contribution in [-0.2, 0) is 6.32 Å². The lowest BCUT2D eigenvalue weighted by atomic mass is 9.81. The van der Waals surface area contributed by atoms with Crippen LogP contribution in [0.5, 0.6) is 0 Å². The van der Waals surface area contributed by atoms with Gasteiger partial charge in [0.1, 0.15) is 0 Å². The maximum absolute atomic E-state index is 12.0. The van der Waals surface area contributed by atoms with Crippen molar-refractivity contribution in [3.05, 3.63) is 39.9 Å². The molecular weight excluding hydrogens is 198 g/mol. The molecule has 0 amide bonds. The molecule has 0 spiro atoms. The minimum atomic E-state index is -5.03. The van der Waals surface area contributed by atoms with Gasteiger partial charge in [-0.1, -0.05) is 24.5 Å². The van der Waals surface area contributed by atoms with Crippen molar-refractivity contribution in [3.8, 4) is 0 Å². The second kappa shape index (κ2) is 3.69. The molecule has 1 rings (SSSR count). The predicted molar refractivity (Wildman–Crippen MR) is 45.9 cm³/mol. The molecule has 0 atom stereocenters. The van der Waals surface area contributed by atoms with E-state index in [-0.39, 0.29) is 5.56 Å². The van der Waals surface area contributed by atoms with Crippen molar-refractivity contribution in [3.63, 3.8) is 0 Å². The first kappa shape index (κ1) is 10.6. The summed E-state index contributed by atoms with van der Waals surface area (Å²) in [6, 6.07) is 4.87. The number of rotatable bonds is 3. The number of hydrogen-bond acceptors (Lipinski definition) is 2. The first-order valence-electron chi connectivity index (χ1n) is 3.83. The monoisotopic (exact) mass is 204 g/mol. The zero-order chi connectivity index (χ0) is 10.8. The molecule has 0 aliphatic carbocycles. The molecule has 0 saturated heterocycles. The third kappa shape index (κ3) is 2.76. The van der Waals surface area contributed by atoms with Crippen LogP contribution in [0.4, 0.5) is 18.6 Å². The highest BCUT2D eigenvalue weighted by molar-refractivity contribution is 6.57. The van der Waals surface area contributed by atoms with Crippen molar-refractivity contribution in [2.24, 2.45) is 0 Å². The van der Waals surface area contributed by atoms with Crippen molar-refractivity contribution in [2.45, 2.75) is 6.32 Å². The maximum atomic E-state index is 12.0. The molecule has 0 fully saturated rings.